The Bertz CT molecular complexity index is 4370. The highest BCUT2D eigenvalue weighted by Crippen LogP contribution is 2.52. The van der Waals surface area contributed by atoms with Crippen molar-refractivity contribution in [2.75, 3.05) is 9.80 Å². The third-order valence-electron chi connectivity index (χ3n) is 18.5. The van der Waals surface area contributed by atoms with Crippen molar-refractivity contribution in [1.82, 2.24) is 0 Å². The molecule has 0 amide bonds. The van der Waals surface area contributed by atoms with E-state index in [1.165, 1.54) is 0 Å². The molecular formula is C88H64N2O4-2. The molecule has 0 spiro atoms. The smallest absolute Gasteiger partial charge is 0.121 e. The average Bonchev–Trinajstić information content (AvgIpc) is 0.742. The Morgan fingerprint density at radius 2 is 0.383 bits per heavy atom. The van der Waals surface area contributed by atoms with Gasteiger partial charge in [-0.1, -0.05) is 279 Å². The van der Waals surface area contributed by atoms with E-state index in [4.69, 9.17) is 0 Å². The van der Waals surface area contributed by atoms with Crippen molar-refractivity contribution in [3.05, 3.63) is 363 Å². The van der Waals surface area contributed by atoms with E-state index in [1.54, 1.807) is 24.3 Å². The number of phenolic OH excluding ortho intramolecular Hbond substituents is 2. The van der Waals surface area contributed by atoms with Crippen LogP contribution in [-0.4, -0.2) is 22.4 Å². The zero-order chi connectivity index (χ0) is 63.5. The molecule has 1 aliphatic carbocycles. The van der Waals surface area contributed by atoms with Crippen molar-refractivity contribution < 1.29 is 20.4 Å². The van der Waals surface area contributed by atoms with Gasteiger partial charge in [0, 0.05) is 46.3 Å². The summed E-state index contributed by atoms with van der Waals surface area (Å²) in [6.07, 6.45) is -2.89. The van der Waals surface area contributed by atoms with E-state index in [1.807, 2.05) is 36.4 Å². The number of phenols is 2. The lowest BCUT2D eigenvalue weighted by Gasteiger charge is -2.61. The average molecular weight is 1210 g/mol. The zero-order valence-electron chi connectivity index (χ0n) is 51.4. The fourth-order valence-corrected chi connectivity index (χ4v) is 13.8. The Kier molecular flexibility index (Phi) is 16.1. The number of hydrogen-bond acceptors (Lipinski definition) is 6. The fraction of sp³-hybridized carbons (Fsp3) is 0.0455. The predicted octanol–water partition coefficient (Wildman–Crippen LogP) is 20.7. The Morgan fingerprint density at radius 3 is 0.585 bits per heavy atom. The molecule has 0 aromatic heterocycles. The summed E-state index contributed by atoms with van der Waals surface area (Å²) < 4.78 is 0. The van der Waals surface area contributed by atoms with Crippen molar-refractivity contribution in [2.24, 2.45) is 0 Å². The molecule has 1 fully saturated rings. The van der Waals surface area contributed by atoms with Crippen LogP contribution in [0.3, 0.4) is 0 Å². The lowest BCUT2D eigenvalue weighted by atomic mass is 9.63. The highest BCUT2D eigenvalue weighted by atomic mass is 16.3. The Hall–Kier alpha value is -11.8. The highest BCUT2D eigenvalue weighted by Gasteiger charge is 2.41. The second kappa shape index (κ2) is 25.8. The van der Waals surface area contributed by atoms with Crippen LogP contribution in [0.2, 0.25) is 0 Å². The molecule has 1 aliphatic rings. The van der Waals surface area contributed by atoms with Gasteiger partial charge in [-0.25, -0.2) is 0 Å². The second-order valence-corrected chi connectivity index (χ2v) is 24.0. The minimum Gasteiger partial charge on any atom is -0.851 e. The maximum atomic E-state index is 14.7. The molecule has 0 bridgehead atoms. The molecule has 0 heterocycles. The molecule has 6 nitrogen and oxygen atoms in total. The van der Waals surface area contributed by atoms with E-state index in [2.05, 4.69) is 301 Å². The van der Waals surface area contributed by atoms with Crippen molar-refractivity contribution in [2.45, 2.75) is 24.0 Å². The van der Waals surface area contributed by atoms with Gasteiger partial charge in [-0.05, 0) is 173 Å². The molecule has 0 aliphatic heterocycles. The van der Waals surface area contributed by atoms with Crippen LogP contribution in [-0.2, 0) is 0 Å². The first-order valence-corrected chi connectivity index (χ1v) is 31.9. The standard InChI is InChI=1S/C88H64N2O4/c91-83-57-71(89(67-45-37-63(38-46-67)77-33-17-13-29-73(77)59-21-5-1-6-22-59)68-47-39-64(40-48-68)78-34-18-14-30-74(78)60-23-7-2-8-24-60)53-55-81(83)85-87(93)86(88(85)94)82-56-54-72(58-84(82)92)90(69-49-41-65(42-50-69)79-35-19-15-31-75(79)61-25-9-3-10-26-61)70-51-43-66(44-52-70)80-36-20-16-32-76(80)62-27-11-4-12-28-62/h1-58,85-88,91-92H/q-2. The van der Waals surface area contributed by atoms with Crippen molar-refractivity contribution in [1.29, 1.82) is 0 Å². The number of nitrogens with zero attached hydrogens (tertiary/aromatic N) is 2. The van der Waals surface area contributed by atoms with Crippen molar-refractivity contribution >= 4 is 34.1 Å². The van der Waals surface area contributed by atoms with Crippen LogP contribution in [0.4, 0.5) is 34.1 Å². The predicted molar refractivity (Wildman–Crippen MR) is 382 cm³/mol. The maximum absolute atomic E-state index is 14.7. The molecule has 94 heavy (non-hydrogen) atoms. The van der Waals surface area contributed by atoms with E-state index in [0.29, 0.717) is 11.4 Å². The summed E-state index contributed by atoms with van der Waals surface area (Å²) in [5, 5.41) is 53.6. The van der Waals surface area contributed by atoms with Gasteiger partial charge in [0.05, 0.1) is 0 Å². The van der Waals surface area contributed by atoms with Gasteiger partial charge < -0.3 is 30.2 Å². The van der Waals surface area contributed by atoms with Gasteiger partial charge in [0.25, 0.3) is 0 Å². The van der Waals surface area contributed by atoms with Crippen LogP contribution in [0.15, 0.2) is 352 Å². The van der Waals surface area contributed by atoms with Crippen molar-refractivity contribution in [3.8, 4) is 101 Å². The third kappa shape index (κ3) is 11.4. The molecule has 1 saturated carbocycles. The normalized spacial score (nSPS) is 15.0. The summed E-state index contributed by atoms with van der Waals surface area (Å²) in [6.45, 7) is 0. The molecule has 14 aromatic carbocycles. The number of aromatic hydroxyl groups is 2. The van der Waals surface area contributed by atoms with Gasteiger partial charge in [0.15, 0.2) is 0 Å². The van der Waals surface area contributed by atoms with Crippen molar-refractivity contribution in [3.63, 3.8) is 0 Å². The van der Waals surface area contributed by atoms with Crippen LogP contribution in [0, 0.1) is 0 Å². The molecule has 0 unspecified atom stereocenters. The van der Waals surface area contributed by atoms with Gasteiger partial charge in [-0.15, -0.1) is 12.2 Å². The van der Waals surface area contributed by atoms with Crippen LogP contribution in [0.1, 0.15) is 23.0 Å². The van der Waals surface area contributed by atoms with Gasteiger partial charge >= 0.3 is 0 Å². The Labute approximate surface area is 548 Å². The molecule has 6 heteroatoms. The SMILES string of the molecule is [O-]C1C(c2ccc(N(c3ccc(-c4ccccc4-c4ccccc4)cc3)c3ccc(-c4ccccc4-c4ccccc4)cc3)cc2O)C([O-])C1c1ccc(N(c2ccc(-c3ccccc3-c3ccccc3)cc2)c2ccc(-c3ccccc3-c3ccccc3)cc2)cc1O. The first-order chi connectivity index (χ1) is 46.3. The van der Waals surface area contributed by atoms with E-state index < -0.39 is 24.0 Å². The summed E-state index contributed by atoms with van der Waals surface area (Å²) in [4.78, 5) is 4.16. The molecule has 2 N–H and O–H groups in total. The largest absolute Gasteiger partial charge is 0.851 e. The lowest BCUT2D eigenvalue weighted by Crippen LogP contribution is -2.63. The van der Waals surface area contributed by atoms with Gasteiger partial charge in [0.1, 0.15) is 11.5 Å². The third-order valence-corrected chi connectivity index (χ3v) is 18.5. The van der Waals surface area contributed by atoms with E-state index in [0.717, 1.165) is 112 Å². The minimum atomic E-state index is -1.45. The van der Waals surface area contributed by atoms with Crippen LogP contribution in [0.5, 0.6) is 11.5 Å². The Morgan fingerprint density at radius 1 is 0.202 bits per heavy atom. The molecule has 0 atom stereocenters. The number of hydrogen-bond donors (Lipinski definition) is 2. The second-order valence-electron chi connectivity index (χ2n) is 24.0. The van der Waals surface area contributed by atoms with Gasteiger partial charge in [-0.3, -0.25) is 0 Å². The number of rotatable bonds is 16. The molecule has 15 rings (SSSR count). The minimum absolute atomic E-state index is 0.145. The number of anilines is 6. The highest BCUT2D eigenvalue weighted by molar-refractivity contribution is 5.90. The molecule has 0 saturated heterocycles. The van der Waals surface area contributed by atoms with Crippen LogP contribution >= 0.6 is 0 Å². The van der Waals surface area contributed by atoms with Gasteiger partial charge in [-0.2, -0.15) is 0 Å². The summed E-state index contributed by atoms with van der Waals surface area (Å²) in [7, 11) is 0. The van der Waals surface area contributed by atoms with Gasteiger partial charge in [0.2, 0.25) is 0 Å². The maximum Gasteiger partial charge on any atom is 0.121 e. The molecule has 14 aromatic rings. The summed E-state index contributed by atoms with van der Waals surface area (Å²) in [5.74, 6) is -2.41. The zero-order valence-corrected chi connectivity index (χ0v) is 51.4. The monoisotopic (exact) mass is 1210 g/mol. The van der Waals surface area contributed by atoms with E-state index in [9.17, 15) is 20.4 Å². The van der Waals surface area contributed by atoms with E-state index in [-0.39, 0.29) is 22.6 Å². The molecular weight excluding hydrogens is 1150 g/mol. The molecule has 452 valence electrons. The number of benzene rings is 14. The topological polar surface area (TPSA) is 93.1 Å². The summed E-state index contributed by atoms with van der Waals surface area (Å²) in [5.41, 5.74) is 22.9. The van der Waals surface area contributed by atoms with Crippen LogP contribution in [0.25, 0.3) is 89.0 Å². The first kappa shape index (κ1) is 58.6. The lowest BCUT2D eigenvalue weighted by molar-refractivity contribution is -0.536. The quantitative estimate of drug-likeness (QED) is 0.100. The summed E-state index contributed by atoms with van der Waals surface area (Å²) in [6, 6.07) is 119. The first-order valence-electron chi connectivity index (χ1n) is 31.9. The van der Waals surface area contributed by atoms with E-state index >= 15 is 0 Å². The Balaban J connectivity index is 0.737. The molecule has 0 radical (unpaired) electrons. The van der Waals surface area contributed by atoms with Crippen LogP contribution < -0.4 is 20.0 Å². The summed E-state index contributed by atoms with van der Waals surface area (Å²) >= 11 is 0. The fourth-order valence-electron chi connectivity index (χ4n) is 13.8.